The molecule has 7 nitrogen and oxygen atoms in total. The third-order valence-corrected chi connectivity index (χ3v) is 4.58. The highest BCUT2D eigenvalue weighted by atomic mass is 19.4. The molecule has 10 heteroatoms. The van der Waals surface area contributed by atoms with Crippen LogP contribution in [-0.2, 0) is 6.18 Å². The highest BCUT2D eigenvalue weighted by molar-refractivity contribution is 6.03. The van der Waals surface area contributed by atoms with E-state index in [1.807, 2.05) is 24.3 Å². The summed E-state index contributed by atoms with van der Waals surface area (Å²) in [6.07, 6.45) is -3.05. The Bertz CT molecular complexity index is 1420. The van der Waals surface area contributed by atoms with E-state index in [1.165, 1.54) is 12.3 Å². The fourth-order valence-corrected chi connectivity index (χ4v) is 3.15. The molecule has 0 bridgehead atoms. The Labute approximate surface area is 172 Å². The van der Waals surface area contributed by atoms with E-state index in [1.54, 1.807) is 18.2 Å². The molecule has 0 amide bonds. The molecule has 2 N–H and O–H groups in total. The number of nitrogens with zero attached hydrogens (tertiary/aromatic N) is 4. The highest BCUT2D eigenvalue weighted by Gasteiger charge is 2.30. The maximum absolute atomic E-state index is 12.9. The lowest BCUT2D eigenvalue weighted by molar-refractivity contribution is -0.137. The first-order valence-corrected chi connectivity index (χ1v) is 9.15. The molecule has 3 aromatic heterocycles. The number of fused-ring (bicyclic) bond motifs is 3. The number of hydrazone groups is 1. The highest BCUT2D eigenvalue weighted by Crippen LogP contribution is 2.32. The zero-order valence-corrected chi connectivity index (χ0v) is 15.7. The van der Waals surface area contributed by atoms with Crippen molar-refractivity contribution in [1.82, 2.24) is 20.2 Å². The van der Waals surface area contributed by atoms with E-state index in [0.717, 1.165) is 23.0 Å². The average Bonchev–Trinajstić information content (AvgIpc) is 3.37. The fourth-order valence-electron chi connectivity index (χ4n) is 3.15. The molecule has 2 aromatic carbocycles. The minimum atomic E-state index is -4.42. The molecule has 3 heterocycles. The molecule has 0 aliphatic heterocycles. The number of aromatic amines is 1. The van der Waals surface area contributed by atoms with E-state index in [-0.39, 0.29) is 5.95 Å². The Balaban J connectivity index is 1.33. The maximum atomic E-state index is 12.9. The van der Waals surface area contributed by atoms with Crippen LogP contribution in [-0.4, -0.2) is 26.4 Å². The van der Waals surface area contributed by atoms with Gasteiger partial charge in [-0.1, -0.05) is 30.3 Å². The predicted octanol–water partition coefficient (Wildman–Crippen LogP) is 5.23. The number of halogens is 3. The van der Waals surface area contributed by atoms with Crippen LogP contribution in [0.15, 0.2) is 70.2 Å². The van der Waals surface area contributed by atoms with Gasteiger partial charge < -0.3 is 9.40 Å². The van der Waals surface area contributed by atoms with Gasteiger partial charge in [0.15, 0.2) is 5.65 Å². The van der Waals surface area contributed by atoms with Crippen molar-refractivity contribution in [3.63, 3.8) is 0 Å². The number of aromatic nitrogens is 4. The van der Waals surface area contributed by atoms with E-state index < -0.39 is 11.7 Å². The summed E-state index contributed by atoms with van der Waals surface area (Å²) < 4.78 is 44.3. The molecule has 0 aliphatic carbocycles. The van der Waals surface area contributed by atoms with Crippen LogP contribution in [0.25, 0.3) is 33.4 Å². The standard InChI is InChI=1S/C21H13F3N6O/c22-21(23,24)13-5-3-4-12(10-13)17-9-8-14(31-17)11-25-29-20-27-19-18(28-30-20)15-6-1-2-7-16(15)26-19/h1-11H,(H2,26,27,29,30)/b25-11+. The second kappa shape index (κ2) is 7.24. The third kappa shape index (κ3) is 3.70. The topological polar surface area (TPSA) is 92.0 Å². The van der Waals surface area contributed by atoms with Gasteiger partial charge in [0.05, 0.1) is 11.8 Å². The van der Waals surface area contributed by atoms with E-state index >= 15 is 0 Å². The van der Waals surface area contributed by atoms with Crippen LogP contribution in [0.5, 0.6) is 0 Å². The van der Waals surface area contributed by atoms with Crippen LogP contribution in [0.2, 0.25) is 0 Å². The van der Waals surface area contributed by atoms with Crippen LogP contribution in [0.1, 0.15) is 11.3 Å². The number of rotatable bonds is 4. The molecule has 0 saturated heterocycles. The van der Waals surface area contributed by atoms with Crippen LogP contribution in [0.3, 0.4) is 0 Å². The Morgan fingerprint density at radius 3 is 2.74 bits per heavy atom. The summed E-state index contributed by atoms with van der Waals surface area (Å²) in [7, 11) is 0. The fraction of sp³-hybridized carbons (Fsp3) is 0.0476. The number of benzene rings is 2. The van der Waals surface area contributed by atoms with Gasteiger partial charge in [-0.2, -0.15) is 23.3 Å². The number of alkyl halides is 3. The van der Waals surface area contributed by atoms with Gasteiger partial charge >= 0.3 is 6.18 Å². The largest absolute Gasteiger partial charge is 0.455 e. The van der Waals surface area contributed by atoms with Crippen LogP contribution in [0, 0.1) is 0 Å². The van der Waals surface area contributed by atoms with E-state index in [9.17, 15) is 13.2 Å². The summed E-state index contributed by atoms with van der Waals surface area (Å²) in [5.41, 5.74) is 4.37. The van der Waals surface area contributed by atoms with Gasteiger partial charge in [-0.15, -0.1) is 10.2 Å². The van der Waals surface area contributed by atoms with Gasteiger partial charge in [-0.25, -0.2) is 5.43 Å². The Morgan fingerprint density at radius 2 is 1.87 bits per heavy atom. The van der Waals surface area contributed by atoms with Crippen molar-refractivity contribution >= 4 is 34.2 Å². The van der Waals surface area contributed by atoms with Gasteiger partial charge in [0.2, 0.25) is 0 Å². The molecule has 0 saturated carbocycles. The second-order valence-corrected chi connectivity index (χ2v) is 6.65. The first-order chi connectivity index (χ1) is 15.0. The van der Waals surface area contributed by atoms with Crippen molar-refractivity contribution in [2.75, 3.05) is 5.43 Å². The molecule has 0 radical (unpaired) electrons. The quantitative estimate of drug-likeness (QED) is 0.306. The zero-order chi connectivity index (χ0) is 21.4. The molecule has 31 heavy (non-hydrogen) atoms. The third-order valence-electron chi connectivity index (χ3n) is 4.58. The summed E-state index contributed by atoms with van der Waals surface area (Å²) in [5.74, 6) is 0.824. The van der Waals surface area contributed by atoms with Gasteiger partial charge in [-0.3, -0.25) is 0 Å². The van der Waals surface area contributed by atoms with Crippen molar-refractivity contribution in [3.8, 4) is 11.3 Å². The van der Waals surface area contributed by atoms with Crippen LogP contribution in [0.4, 0.5) is 19.1 Å². The monoisotopic (exact) mass is 422 g/mol. The minimum absolute atomic E-state index is 0.181. The average molecular weight is 422 g/mol. The van der Waals surface area contributed by atoms with Crippen molar-refractivity contribution in [1.29, 1.82) is 0 Å². The lowest BCUT2D eigenvalue weighted by Crippen LogP contribution is -2.04. The van der Waals surface area contributed by atoms with Crippen LogP contribution >= 0.6 is 0 Å². The van der Waals surface area contributed by atoms with E-state index in [4.69, 9.17) is 4.42 Å². The minimum Gasteiger partial charge on any atom is -0.455 e. The Kier molecular flexibility index (Phi) is 4.39. The molecule has 5 aromatic rings. The summed E-state index contributed by atoms with van der Waals surface area (Å²) in [6, 6.07) is 15.8. The molecular formula is C21H13F3N6O. The zero-order valence-electron chi connectivity index (χ0n) is 15.7. The molecular weight excluding hydrogens is 409 g/mol. The van der Waals surface area contributed by atoms with Gasteiger partial charge in [0.25, 0.3) is 5.95 Å². The lowest BCUT2D eigenvalue weighted by atomic mass is 10.1. The molecule has 0 atom stereocenters. The lowest BCUT2D eigenvalue weighted by Gasteiger charge is -2.07. The molecule has 5 rings (SSSR count). The van der Waals surface area contributed by atoms with Crippen molar-refractivity contribution < 1.29 is 17.6 Å². The van der Waals surface area contributed by atoms with E-state index in [0.29, 0.717) is 28.2 Å². The molecule has 154 valence electrons. The molecule has 0 spiro atoms. The molecule has 0 aliphatic rings. The normalized spacial score (nSPS) is 12.2. The summed E-state index contributed by atoms with van der Waals surface area (Å²) in [5, 5.41) is 13.1. The van der Waals surface area contributed by atoms with Crippen LogP contribution < -0.4 is 5.43 Å². The number of furan rings is 1. The van der Waals surface area contributed by atoms with Gasteiger partial charge in [0, 0.05) is 16.5 Å². The SMILES string of the molecule is FC(F)(F)c1cccc(-c2ccc(/C=N/Nc3nnc4c(n3)[nH]c3ccccc34)o2)c1. The number of nitrogens with one attached hydrogen (secondary N) is 2. The maximum Gasteiger partial charge on any atom is 0.416 e. The van der Waals surface area contributed by atoms with Crippen molar-refractivity contribution in [3.05, 3.63) is 72.0 Å². The number of hydrogen-bond acceptors (Lipinski definition) is 6. The first kappa shape index (κ1) is 18.8. The number of anilines is 1. The van der Waals surface area contributed by atoms with Crippen molar-refractivity contribution in [2.24, 2.45) is 5.10 Å². The van der Waals surface area contributed by atoms with Crippen molar-refractivity contribution in [2.45, 2.75) is 6.18 Å². The number of H-pyrrole nitrogens is 1. The first-order valence-electron chi connectivity index (χ1n) is 9.15. The van der Waals surface area contributed by atoms with Gasteiger partial charge in [-0.05, 0) is 30.3 Å². The smallest absolute Gasteiger partial charge is 0.416 e. The number of para-hydroxylation sites is 1. The van der Waals surface area contributed by atoms with E-state index in [2.05, 4.69) is 30.7 Å². The Hall–Kier alpha value is -4.21. The summed E-state index contributed by atoms with van der Waals surface area (Å²) in [6.45, 7) is 0. The molecule has 0 fully saturated rings. The predicted molar refractivity (Wildman–Crippen MR) is 110 cm³/mol. The second-order valence-electron chi connectivity index (χ2n) is 6.65. The number of hydrogen-bond donors (Lipinski definition) is 2. The molecule has 0 unspecified atom stereocenters. The summed E-state index contributed by atoms with van der Waals surface area (Å²) >= 11 is 0. The summed E-state index contributed by atoms with van der Waals surface area (Å²) in [4.78, 5) is 7.50. The Morgan fingerprint density at radius 1 is 1.00 bits per heavy atom. The van der Waals surface area contributed by atoms with Gasteiger partial charge in [0.1, 0.15) is 17.0 Å².